The van der Waals surface area contributed by atoms with Crippen molar-refractivity contribution in [1.29, 1.82) is 0 Å². The monoisotopic (exact) mass is 437 g/mol. The molecule has 1 amide bonds. The quantitative estimate of drug-likeness (QED) is 0.557. The summed E-state index contributed by atoms with van der Waals surface area (Å²) in [6, 6.07) is 24.2. The molecule has 0 heterocycles. The lowest BCUT2D eigenvalue weighted by atomic mass is 10.0. The van der Waals surface area contributed by atoms with Crippen molar-refractivity contribution in [3.63, 3.8) is 0 Å². The number of hydrogen-bond donors (Lipinski definition) is 2. The molecule has 0 bridgehead atoms. The van der Waals surface area contributed by atoms with Crippen LogP contribution in [0.15, 0.2) is 83.8 Å². The summed E-state index contributed by atoms with van der Waals surface area (Å²) in [6.45, 7) is 2.56. The Bertz CT molecular complexity index is 1130. The second-order valence-electron chi connectivity index (χ2n) is 7.48. The summed E-state index contributed by atoms with van der Waals surface area (Å²) in [5.41, 5.74) is 3.76. The first-order chi connectivity index (χ1) is 14.8. The molecule has 3 rings (SSSR count). The van der Waals surface area contributed by atoms with Gasteiger partial charge in [0.2, 0.25) is 15.9 Å². The van der Waals surface area contributed by atoms with Crippen LogP contribution < -0.4 is 10.5 Å². The highest BCUT2D eigenvalue weighted by molar-refractivity contribution is 7.89. The maximum atomic E-state index is 12.6. The minimum atomic E-state index is -3.71. The van der Waals surface area contributed by atoms with Crippen LogP contribution in [0.25, 0.3) is 11.1 Å². The number of anilines is 1. The Balaban J connectivity index is 1.60. The maximum Gasteiger partial charge on any atom is 0.238 e. The van der Waals surface area contributed by atoms with E-state index in [-0.39, 0.29) is 16.8 Å². The second kappa shape index (κ2) is 9.87. The molecule has 31 heavy (non-hydrogen) atoms. The van der Waals surface area contributed by atoms with E-state index in [1.807, 2.05) is 68.6 Å². The average Bonchev–Trinajstić information content (AvgIpc) is 2.77. The molecule has 3 aromatic carbocycles. The van der Waals surface area contributed by atoms with Gasteiger partial charge in [-0.05, 0) is 43.3 Å². The van der Waals surface area contributed by atoms with Gasteiger partial charge in [-0.25, -0.2) is 13.6 Å². The van der Waals surface area contributed by atoms with Crippen molar-refractivity contribution in [2.75, 3.05) is 18.9 Å². The van der Waals surface area contributed by atoms with Gasteiger partial charge in [0.25, 0.3) is 0 Å². The molecule has 0 aliphatic heterocycles. The highest BCUT2D eigenvalue weighted by Gasteiger charge is 2.15. The first-order valence-corrected chi connectivity index (χ1v) is 11.6. The molecule has 0 aliphatic carbocycles. The molecule has 7 heteroatoms. The van der Waals surface area contributed by atoms with Crippen molar-refractivity contribution in [2.24, 2.45) is 5.14 Å². The van der Waals surface area contributed by atoms with Crippen LogP contribution in [-0.2, 0) is 14.8 Å². The van der Waals surface area contributed by atoms with Crippen molar-refractivity contribution < 1.29 is 13.2 Å². The molecule has 0 saturated heterocycles. The van der Waals surface area contributed by atoms with Crippen LogP contribution in [0.1, 0.15) is 24.9 Å². The van der Waals surface area contributed by atoms with Gasteiger partial charge in [0, 0.05) is 30.3 Å². The van der Waals surface area contributed by atoms with Gasteiger partial charge in [-0.1, -0.05) is 60.7 Å². The van der Waals surface area contributed by atoms with E-state index in [0.29, 0.717) is 13.0 Å². The molecule has 0 aliphatic rings. The fourth-order valence-electron chi connectivity index (χ4n) is 3.34. The summed E-state index contributed by atoms with van der Waals surface area (Å²) in [4.78, 5) is 14.7. The minimum absolute atomic E-state index is 0.0129. The highest BCUT2D eigenvalue weighted by Crippen LogP contribution is 2.27. The second-order valence-corrected chi connectivity index (χ2v) is 9.04. The number of rotatable bonds is 8. The number of carbonyl (C=O) groups excluding carboxylic acids is 1. The van der Waals surface area contributed by atoms with Gasteiger partial charge in [0.1, 0.15) is 0 Å². The van der Waals surface area contributed by atoms with E-state index in [1.165, 1.54) is 12.1 Å². The lowest BCUT2D eigenvalue weighted by molar-refractivity contribution is -0.116. The smallest absolute Gasteiger partial charge is 0.238 e. The molecular formula is C24H27N3O3S. The van der Waals surface area contributed by atoms with Gasteiger partial charge in [-0.2, -0.15) is 0 Å². The van der Waals surface area contributed by atoms with Crippen molar-refractivity contribution in [1.82, 2.24) is 4.90 Å². The average molecular weight is 438 g/mol. The molecule has 6 nitrogen and oxygen atoms in total. The molecule has 0 radical (unpaired) electrons. The van der Waals surface area contributed by atoms with Gasteiger partial charge in [-0.15, -0.1) is 0 Å². The van der Waals surface area contributed by atoms with E-state index < -0.39 is 10.0 Å². The van der Waals surface area contributed by atoms with Crippen molar-refractivity contribution in [2.45, 2.75) is 24.3 Å². The zero-order chi connectivity index (χ0) is 22.4. The van der Waals surface area contributed by atoms with Crippen molar-refractivity contribution in [3.8, 4) is 11.1 Å². The number of primary sulfonamides is 1. The van der Waals surface area contributed by atoms with Crippen LogP contribution in [0, 0.1) is 0 Å². The largest absolute Gasteiger partial charge is 0.325 e. The predicted molar refractivity (Wildman–Crippen MR) is 124 cm³/mol. The number of benzene rings is 3. The molecule has 1 atom stereocenters. The zero-order valence-corrected chi connectivity index (χ0v) is 18.5. The first-order valence-electron chi connectivity index (χ1n) is 10.0. The van der Waals surface area contributed by atoms with E-state index in [1.54, 1.807) is 12.1 Å². The van der Waals surface area contributed by atoms with Gasteiger partial charge >= 0.3 is 0 Å². The van der Waals surface area contributed by atoms with Crippen LogP contribution in [0.3, 0.4) is 0 Å². The highest BCUT2D eigenvalue weighted by atomic mass is 32.2. The summed E-state index contributed by atoms with van der Waals surface area (Å²) >= 11 is 0. The number of carbonyl (C=O) groups is 1. The molecular weight excluding hydrogens is 410 g/mol. The summed E-state index contributed by atoms with van der Waals surface area (Å²) < 4.78 is 22.8. The van der Waals surface area contributed by atoms with Gasteiger partial charge in [0.15, 0.2) is 0 Å². The van der Waals surface area contributed by atoms with Crippen LogP contribution in [0.4, 0.5) is 5.69 Å². The number of sulfonamides is 1. The SMILES string of the molecule is CC(c1ccc(S(N)(=O)=O)cc1)N(C)CCC(=O)Nc1ccccc1-c1ccccc1. The topological polar surface area (TPSA) is 92.5 Å². The summed E-state index contributed by atoms with van der Waals surface area (Å²) in [5, 5.41) is 8.17. The number of amides is 1. The summed E-state index contributed by atoms with van der Waals surface area (Å²) in [6.07, 6.45) is 0.333. The Morgan fingerprint density at radius 3 is 2.23 bits per heavy atom. The summed E-state index contributed by atoms with van der Waals surface area (Å²) in [5.74, 6) is -0.0630. The molecule has 0 aromatic heterocycles. The van der Waals surface area contributed by atoms with E-state index >= 15 is 0 Å². The zero-order valence-electron chi connectivity index (χ0n) is 17.7. The number of hydrogen-bond acceptors (Lipinski definition) is 4. The van der Waals surface area contributed by atoms with Crippen LogP contribution in [-0.4, -0.2) is 32.8 Å². The lowest BCUT2D eigenvalue weighted by Gasteiger charge is -2.25. The van der Waals surface area contributed by atoms with Gasteiger partial charge in [0.05, 0.1) is 4.90 Å². The number of nitrogens with zero attached hydrogens (tertiary/aromatic N) is 1. The standard InChI is InChI=1S/C24H27N3O3S/c1-18(19-12-14-21(15-13-19)31(25,29)30)27(2)17-16-24(28)26-23-11-7-6-10-22(23)20-8-4-3-5-9-20/h3-15,18H,16-17H2,1-2H3,(H,26,28)(H2,25,29,30). The molecule has 1 unspecified atom stereocenters. The maximum absolute atomic E-state index is 12.6. The Morgan fingerprint density at radius 1 is 0.968 bits per heavy atom. The third-order valence-electron chi connectivity index (χ3n) is 5.33. The number of para-hydroxylation sites is 1. The first kappa shape index (κ1) is 22.7. The Hall–Kier alpha value is -3.00. The van der Waals surface area contributed by atoms with E-state index in [4.69, 9.17) is 5.14 Å². The van der Waals surface area contributed by atoms with E-state index in [2.05, 4.69) is 10.2 Å². The van der Waals surface area contributed by atoms with Crippen LogP contribution in [0.5, 0.6) is 0 Å². The minimum Gasteiger partial charge on any atom is -0.325 e. The Labute approximate surface area is 183 Å². The molecule has 3 N–H and O–H groups in total. The molecule has 0 saturated carbocycles. The third-order valence-corrected chi connectivity index (χ3v) is 6.26. The molecule has 0 fully saturated rings. The van der Waals surface area contributed by atoms with Crippen LogP contribution >= 0.6 is 0 Å². The number of nitrogens with one attached hydrogen (secondary N) is 1. The van der Waals surface area contributed by atoms with Gasteiger partial charge in [-0.3, -0.25) is 9.69 Å². The molecule has 162 valence electrons. The lowest BCUT2D eigenvalue weighted by Crippen LogP contribution is -2.27. The fraction of sp³-hybridized carbons (Fsp3) is 0.208. The van der Waals surface area contributed by atoms with Crippen molar-refractivity contribution in [3.05, 3.63) is 84.4 Å². The van der Waals surface area contributed by atoms with Gasteiger partial charge < -0.3 is 5.32 Å². The summed E-state index contributed by atoms with van der Waals surface area (Å²) in [7, 11) is -1.77. The third kappa shape index (κ3) is 6.01. The normalized spacial score (nSPS) is 12.5. The molecule has 3 aromatic rings. The predicted octanol–water partition coefficient (Wildman–Crippen LogP) is 4.02. The van der Waals surface area contributed by atoms with E-state index in [0.717, 1.165) is 22.4 Å². The Kier molecular flexibility index (Phi) is 7.22. The van der Waals surface area contributed by atoms with Crippen molar-refractivity contribution >= 4 is 21.6 Å². The fourth-order valence-corrected chi connectivity index (χ4v) is 3.85. The number of nitrogens with two attached hydrogens (primary N) is 1. The van der Waals surface area contributed by atoms with E-state index in [9.17, 15) is 13.2 Å². The Morgan fingerprint density at radius 2 is 1.58 bits per heavy atom. The van der Waals surface area contributed by atoms with Crippen LogP contribution in [0.2, 0.25) is 0 Å². The molecule has 0 spiro atoms.